The molecule has 2 rings (SSSR count). The van der Waals surface area contributed by atoms with Gasteiger partial charge >= 0.3 is 133 Å². The van der Waals surface area contributed by atoms with Crippen LogP contribution < -0.4 is 10.6 Å². The van der Waals surface area contributed by atoms with E-state index < -0.39 is 0 Å². The normalized spacial score (nSPS) is 10.2. The maximum absolute atomic E-state index is 11.9. The summed E-state index contributed by atoms with van der Waals surface area (Å²) in [7, 11) is 0. The molecule has 0 radical (unpaired) electrons. The summed E-state index contributed by atoms with van der Waals surface area (Å²) in [5.74, 6) is 0.620. The second kappa shape index (κ2) is 7.04. The molecule has 1 heterocycles. The summed E-state index contributed by atoms with van der Waals surface area (Å²) in [6.45, 7) is 1.55. The summed E-state index contributed by atoms with van der Waals surface area (Å²) in [4.78, 5) is 20.1. The Labute approximate surface area is 133 Å². The molecular weight excluding hydrogens is 357 g/mol. The molecule has 0 saturated heterocycles. The van der Waals surface area contributed by atoms with Crippen LogP contribution in [-0.4, -0.2) is 29.7 Å². The number of nitrogens with zero attached hydrogens (tertiary/aromatic N) is 2. The van der Waals surface area contributed by atoms with Crippen molar-refractivity contribution >= 4 is 59.1 Å². The van der Waals surface area contributed by atoms with Gasteiger partial charge in [-0.2, -0.15) is 0 Å². The summed E-state index contributed by atoms with van der Waals surface area (Å²) >= 11 is 6.27. The molecule has 20 heavy (non-hydrogen) atoms. The Bertz CT molecular complexity index is 615. The van der Waals surface area contributed by atoms with Crippen LogP contribution in [0.1, 0.15) is 12.6 Å². The van der Waals surface area contributed by atoms with Crippen molar-refractivity contribution < 1.29 is 4.79 Å². The SMILES string of the molecule is CC(=O)N(c1ccccc1)c1nc(CSC(N)=S)c[se]1. The molecule has 0 spiro atoms. The second-order valence-electron chi connectivity index (χ2n) is 3.92. The predicted molar refractivity (Wildman–Crippen MR) is 88.5 cm³/mol. The zero-order valence-electron chi connectivity index (χ0n) is 10.8. The number of hydrogen-bond acceptors (Lipinski definition) is 4. The number of thiocarbonyl (C=S) groups is 1. The average molecular weight is 370 g/mol. The standard InChI is InChI=1S/C13H13N3OS2Se/c1-9(17)16(11-5-3-2-4-6-11)13-15-10(8-20-13)7-19-12(14)18/h2-6,8H,7H2,1H3,(H2,14,18). The third-order valence-corrected chi connectivity index (χ3v) is 5.34. The van der Waals surface area contributed by atoms with Gasteiger partial charge in [0.2, 0.25) is 0 Å². The minimum absolute atomic E-state index is 0.0338. The van der Waals surface area contributed by atoms with Crippen molar-refractivity contribution in [2.75, 3.05) is 4.90 Å². The average Bonchev–Trinajstić information content (AvgIpc) is 2.86. The number of anilines is 2. The van der Waals surface area contributed by atoms with E-state index in [1.165, 1.54) is 11.8 Å². The first-order chi connectivity index (χ1) is 9.58. The van der Waals surface area contributed by atoms with E-state index in [1.807, 2.05) is 30.3 Å². The third-order valence-electron chi connectivity index (χ3n) is 2.42. The predicted octanol–water partition coefficient (Wildman–Crippen LogP) is 2.30. The number of amides is 1. The molecule has 0 bridgehead atoms. The van der Waals surface area contributed by atoms with Gasteiger partial charge in [0.05, 0.1) is 0 Å². The molecular formula is C13H13N3OS2Se. The van der Waals surface area contributed by atoms with Crippen molar-refractivity contribution in [3.8, 4) is 0 Å². The second-order valence-corrected chi connectivity index (χ2v) is 7.39. The van der Waals surface area contributed by atoms with Crippen LogP contribution in [0.5, 0.6) is 0 Å². The molecule has 2 aromatic rings. The van der Waals surface area contributed by atoms with Gasteiger partial charge in [-0.15, -0.1) is 0 Å². The van der Waals surface area contributed by atoms with Crippen LogP contribution in [-0.2, 0) is 10.5 Å². The number of para-hydroxylation sites is 1. The van der Waals surface area contributed by atoms with Crippen molar-refractivity contribution in [1.29, 1.82) is 0 Å². The van der Waals surface area contributed by atoms with Gasteiger partial charge in [-0.1, -0.05) is 0 Å². The van der Waals surface area contributed by atoms with E-state index in [0.29, 0.717) is 10.1 Å². The molecule has 1 aromatic heterocycles. The van der Waals surface area contributed by atoms with Gasteiger partial charge in [-0.3, -0.25) is 0 Å². The van der Waals surface area contributed by atoms with Crippen molar-refractivity contribution in [2.45, 2.75) is 12.7 Å². The molecule has 1 amide bonds. The number of aromatic nitrogens is 1. The van der Waals surface area contributed by atoms with Gasteiger partial charge in [0.15, 0.2) is 0 Å². The Balaban J connectivity index is 2.23. The van der Waals surface area contributed by atoms with Crippen molar-refractivity contribution in [3.05, 3.63) is 41.0 Å². The molecule has 0 unspecified atom stereocenters. The van der Waals surface area contributed by atoms with E-state index in [4.69, 9.17) is 18.0 Å². The number of carbonyl (C=O) groups is 1. The van der Waals surface area contributed by atoms with Gasteiger partial charge in [-0.25, -0.2) is 0 Å². The van der Waals surface area contributed by atoms with Crippen LogP contribution in [0.2, 0.25) is 0 Å². The van der Waals surface area contributed by atoms with Gasteiger partial charge in [-0.05, 0) is 0 Å². The fourth-order valence-electron chi connectivity index (χ4n) is 1.61. The Morgan fingerprint density at radius 3 is 2.75 bits per heavy atom. The van der Waals surface area contributed by atoms with Crippen LogP contribution in [0.4, 0.5) is 10.4 Å². The van der Waals surface area contributed by atoms with Crippen LogP contribution in [0, 0.1) is 0 Å². The summed E-state index contributed by atoms with van der Waals surface area (Å²) < 4.78 is 1.21. The van der Waals surface area contributed by atoms with E-state index in [-0.39, 0.29) is 20.4 Å². The van der Waals surface area contributed by atoms with E-state index in [2.05, 4.69) is 9.92 Å². The summed E-state index contributed by atoms with van der Waals surface area (Å²) in [6.07, 6.45) is 0. The molecule has 0 atom stereocenters. The fourth-order valence-corrected chi connectivity index (χ4v) is 4.33. The van der Waals surface area contributed by atoms with E-state index >= 15 is 0 Å². The van der Waals surface area contributed by atoms with E-state index in [1.54, 1.807) is 11.8 Å². The summed E-state index contributed by atoms with van der Waals surface area (Å²) in [5.41, 5.74) is 7.24. The Hall–Kier alpha value is -1.14. The van der Waals surface area contributed by atoms with Crippen molar-refractivity contribution in [1.82, 2.24) is 4.98 Å². The molecule has 0 aliphatic rings. The van der Waals surface area contributed by atoms with Crippen LogP contribution in [0.25, 0.3) is 0 Å². The number of benzene rings is 1. The molecule has 1 aromatic carbocycles. The fraction of sp³-hybridized carbons (Fsp3) is 0.154. The van der Waals surface area contributed by atoms with Crippen molar-refractivity contribution in [2.24, 2.45) is 5.73 Å². The van der Waals surface area contributed by atoms with Crippen LogP contribution in [0.3, 0.4) is 0 Å². The van der Waals surface area contributed by atoms with E-state index in [9.17, 15) is 4.79 Å². The zero-order valence-corrected chi connectivity index (χ0v) is 14.1. The molecule has 2 N–H and O–H groups in total. The molecule has 0 fully saturated rings. The van der Waals surface area contributed by atoms with Crippen LogP contribution in [0.15, 0.2) is 35.3 Å². The van der Waals surface area contributed by atoms with Crippen LogP contribution >= 0.6 is 24.0 Å². The Morgan fingerprint density at radius 2 is 2.15 bits per heavy atom. The number of nitrogens with two attached hydrogens (primary N) is 1. The first kappa shape index (κ1) is 15.3. The Kier molecular flexibility index (Phi) is 5.37. The molecule has 0 saturated carbocycles. The Morgan fingerprint density at radius 1 is 1.45 bits per heavy atom. The third kappa shape index (κ3) is 3.93. The number of rotatable bonds is 4. The topological polar surface area (TPSA) is 59.2 Å². The quantitative estimate of drug-likeness (QED) is 0.661. The molecule has 7 heteroatoms. The van der Waals surface area contributed by atoms with Gasteiger partial charge in [0, 0.05) is 0 Å². The van der Waals surface area contributed by atoms with Gasteiger partial charge in [0.1, 0.15) is 0 Å². The maximum atomic E-state index is 11.9. The van der Waals surface area contributed by atoms with Gasteiger partial charge < -0.3 is 0 Å². The zero-order chi connectivity index (χ0) is 14.5. The molecule has 104 valence electrons. The molecule has 0 aliphatic heterocycles. The minimum atomic E-state index is -0.0338. The monoisotopic (exact) mass is 371 g/mol. The summed E-state index contributed by atoms with van der Waals surface area (Å²) in [5, 5.41) is 0. The number of thioether (sulfide) groups is 1. The number of hydrogen-bond donors (Lipinski definition) is 1. The van der Waals surface area contributed by atoms with Gasteiger partial charge in [0.25, 0.3) is 0 Å². The molecule has 4 nitrogen and oxygen atoms in total. The first-order valence-corrected chi connectivity index (χ1v) is 9.04. The van der Waals surface area contributed by atoms with Crippen molar-refractivity contribution in [3.63, 3.8) is 0 Å². The summed E-state index contributed by atoms with van der Waals surface area (Å²) in [6, 6.07) is 9.55. The first-order valence-electron chi connectivity index (χ1n) is 5.80. The molecule has 0 aliphatic carbocycles. The number of carbonyl (C=O) groups excluding carboxylic acids is 1. The van der Waals surface area contributed by atoms with E-state index in [0.717, 1.165) is 16.1 Å².